The molecule has 4 rings (SSSR count). The topological polar surface area (TPSA) is 17.8 Å². The molecule has 0 saturated heterocycles. The molecule has 2 nitrogen and oxygen atoms in total. The summed E-state index contributed by atoms with van der Waals surface area (Å²) in [5.41, 5.74) is 4.21. The average molecular weight is 374 g/mol. The van der Waals surface area contributed by atoms with Crippen molar-refractivity contribution in [3.63, 3.8) is 0 Å². The van der Waals surface area contributed by atoms with E-state index in [0.29, 0.717) is 0 Å². The van der Waals surface area contributed by atoms with E-state index in [1.807, 2.05) is 16.8 Å². The second-order valence-corrected chi connectivity index (χ2v) is 8.52. The van der Waals surface area contributed by atoms with Gasteiger partial charge in [-0.25, -0.2) is 9.37 Å². The molecule has 0 atom stereocenters. The number of hydrogen-bond acceptors (Lipinski definition) is 1. The van der Waals surface area contributed by atoms with Crippen LogP contribution in [0.2, 0.25) is 0 Å². The number of benzene rings is 3. The van der Waals surface area contributed by atoms with Crippen molar-refractivity contribution in [3.05, 3.63) is 102 Å². The molecule has 0 bridgehead atoms. The van der Waals surface area contributed by atoms with Gasteiger partial charge in [-0.05, 0) is 53.8 Å². The monoisotopic (exact) mass is 374 g/mol. The standard InChI is InChI=1S/C23H20FN2P/c1-17-8-3-5-12-21(17)27(22-13-6-4-9-18(22)2)23-25-14-15-26(23)20-11-7-10-19(24)16-20/h3-16H,1-2H3. The molecule has 4 aromatic rings. The van der Waals surface area contributed by atoms with Crippen LogP contribution < -0.4 is 16.2 Å². The summed E-state index contributed by atoms with van der Waals surface area (Å²) < 4.78 is 15.8. The Morgan fingerprint density at radius 2 is 1.44 bits per heavy atom. The Balaban J connectivity index is 1.95. The molecule has 1 aromatic heterocycles. The normalized spacial score (nSPS) is 11.1. The summed E-state index contributed by atoms with van der Waals surface area (Å²) in [6.45, 7) is 4.27. The van der Waals surface area contributed by atoms with Crippen LogP contribution in [-0.4, -0.2) is 9.55 Å². The van der Waals surface area contributed by atoms with E-state index in [1.54, 1.807) is 18.3 Å². The van der Waals surface area contributed by atoms with Gasteiger partial charge in [-0.2, -0.15) is 0 Å². The van der Waals surface area contributed by atoms with Crippen molar-refractivity contribution in [1.82, 2.24) is 9.55 Å². The molecule has 0 radical (unpaired) electrons. The van der Waals surface area contributed by atoms with Crippen molar-refractivity contribution in [3.8, 4) is 5.69 Å². The molecule has 0 amide bonds. The molecule has 0 spiro atoms. The van der Waals surface area contributed by atoms with Crippen molar-refractivity contribution in [2.75, 3.05) is 0 Å². The molecule has 4 heteroatoms. The van der Waals surface area contributed by atoms with E-state index in [0.717, 1.165) is 11.3 Å². The zero-order valence-corrected chi connectivity index (χ0v) is 16.2. The molecular formula is C23H20FN2P. The molecule has 0 N–H and O–H groups in total. The lowest BCUT2D eigenvalue weighted by Crippen LogP contribution is -2.29. The van der Waals surface area contributed by atoms with Gasteiger partial charge in [0.05, 0.1) is 0 Å². The zero-order valence-electron chi connectivity index (χ0n) is 15.3. The smallest absolute Gasteiger partial charge is 0.145 e. The predicted molar refractivity (Wildman–Crippen MR) is 112 cm³/mol. The number of halogens is 1. The zero-order chi connectivity index (χ0) is 18.8. The molecule has 3 aromatic carbocycles. The van der Waals surface area contributed by atoms with Crippen LogP contribution in [0.4, 0.5) is 4.39 Å². The third-order valence-corrected chi connectivity index (χ3v) is 7.32. The van der Waals surface area contributed by atoms with Crippen molar-refractivity contribution in [1.29, 1.82) is 0 Å². The van der Waals surface area contributed by atoms with Gasteiger partial charge in [-0.1, -0.05) is 54.6 Å². The fourth-order valence-corrected chi connectivity index (χ4v) is 5.86. The van der Waals surface area contributed by atoms with Crippen LogP contribution >= 0.6 is 7.92 Å². The van der Waals surface area contributed by atoms with Crippen LogP contribution in [0.15, 0.2) is 85.2 Å². The summed E-state index contributed by atoms with van der Waals surface area (Å²) in [4.78, 5) is 4.73. The van der Waals surface area contributed by atoms with E-state index in [2.05, 4.69) is 62.4 Å². The molecule has 27 heavy (non-hydrogen) atoms. The maximum absolute atomic E-state index is 13.8. The summed E-state index contributed by atoms with van der Waals surface area (Å²) in [6, 6.07) is 23.6. The number of hydrogen-bond donors (Lipinski definition) is 0. The average Bonchev–Trinajstić information content (AvgIpc) is 3.14. The quantitative estimate of drug-likeness (QED) is 0.485. The largest absolute Gasteiger partial charge is 0.299 e. The SMILES string of the molecule is Cc1ccccc1P(c1ccccc1C)c1nccn1-c1cccc(F)c1. The number of rotatable bonds is 4. The molecule has 0 saturated carbocycles. The first kappa shape index (κ1) is 17.6. The Morgan fingerprint density at radius 1 is 0.815 bits per heavy atom. The molecule has 1 heterocycles. The highest BCUT2D eigenvalue weighted by atomic mass is 31.1. The van der Waals surface area contributed by atoms with Gasteiger partial charge in [0.1, 0.15) is 11.4 Å². The molecule has 134 valence electrons. The van der Waals surface area contributed by atoms with Gasteiger partial charge in [-0.3, -0.25) is 4.57 Å². The van der Waals surface area contributed by atoms with Gasteiger partial charge < -0.3 is 0 Å². The number of nitrogens with zero attached hydrogens (tertiary/aromatic N) is 2. The fourth-order valence-electron chi connectivity index (χ4n) is 3.26. The van der Waals surface area contributed by atoms with Crippen molar-refractivity contribution in [2.24, 2.45) is 0 Å². The number of aromatic nitrogens is 2. The van der Waals surface area contributed by atoms with Crippen LogP contribution in [0.3, 0.4) is 0 Å². The minimum Gasteiger partial charge on any atom is -0.299 e. The van der Waals surface area contributed by atoms with Crippen molar-refractivity contribution >= 4 is 24.1 Å². The highest BCUT2D eigenvalue weighted by Crippen LogP contribution is 2.35. The molecular weight excluding hydrogens is 354 g/mol. The van der Waals surface area contributed by atoms with E-state index in [9.17, 15) is 4.39 Å². The lowest BCUT2D eigenvalue weighted by atomic mass is 10.2. The van der Waals surface area contributed by atoms with Crippen LogP contribution in [0.25, 0.3) is 5.69 Å². The van der Waals surface area contributed by atoms with Crippen LogP contribution in [-0.2, 0) is 0 Å². The van der Waals surface area contributed by atoms with Gasteiger partial charge in [-0.15, -0.1) is 0 Å². The van der Waals surface area contributed by atoms with E-state index in [4.69, 9.17) is 4.98 Å². The lowest BCUT2D eigenvalue weighted by Gasteiger charge is -2.23. The van der Waals surface area contributed by atoms with Gasteiger partial charge in [0, 0.05) is 26.0 Å². The summed E-state index contributed by atoms with van der Waals surface area (Å²) in [6.07, 6.45) is 3.71. The molecule has 0 aliphatic heterocycles. The van der Waals surface area contributed by atoms with Gasteiger partial charge in [0.15, 0.2) is 0 Å². The second kappa shape index (κ2) is 7.46. The first-order valence-electron chi connectivity index (χ1n) is 8.86. The molecule has 0 aliphatic rings. The van der Waals surface area contributed by atoms with E-state index in [1.165, 1.54) is 27.8 Å². The van der Waals surface area contributed by atoms with Gasteiger partial charge in [0.25, 0.3) is 0 Å². The third-order valence-electron chi connectivity index (χ3n) is 4.62. The third kappa shape index (κ3) is 3.43. The first-order valence-corrected chi connectivity index (χ1v) is 10.2. The Labute approximate surface area is 160 Å². The van der Waals surface area contributed by atoms with Crippen molar-refractivity contribution in [2.45, 2.75) is 13.8 Å². The maximum atomic E-state index is 13.8. The number of aryl methyl sites for hydroxylation is 2. The lowest BCUT2D eigenvalue weighted by molar-refractivity contribution is 0.627. The summed E-state index contributed by atoms with van der Waals surface area (Å²) in [5.74, 6) is -0.247. The highest BCUT2D eigenvalue weighted by molar-refractivity contribution is 7.79. The van der Waals surface area contributed by atoms with E-state index >= 15 is 0 Å². The Morgan fingerprint density at radius 3 is 2.04 bits per heavy atom. The van der Waals surface area contributed by atoms with E-state index < -0.39 is 7.92 Å². The minimum atomic E-state index is -0.875. The van der Waals surface area contributed by atoms with Gasteiger partial charge >= 0.3 is 0 Å². The first-order chi connectivity index (χ1) is 13.1. The fraction of sp³-hybridized carbons (Fsp3) is 0.0870. The Hall–Kier alpha value is -2.77. The van der Waals surface area contributed by atoms with Crippen LogP contribution in [0.5, 0.6) is 0 Å². The minimum absolute atomic E-state index is 0.247. The highest BCUT2D eigenvalue weighted by Gasteiger charge is 2.24. The summed E-state index contributed by atoms with van der Waals surface area (Å²) in [5, 5.41) is 2.54. The Bertz CT molecular complexity index is 1040. The maximum Gasteiger partial charge on any atom is 0.145 e. The Kier molecular flexibility index (Phi) is 4.87. The van der Waals surface area contributed by atoms with Crippen LogP contribution in [0.1, 0.15) is 11.1 Å². The summed E-state index contributed by atoms with van der Waals surface area (Å²) in [7, 11) is -0.875. The van der Waals surface area contributed by atoms with Crippen molar-refractivity contribution < 1.29 is 4.39 Å². The molecule has 0 unspecified atom stereocenters. The molecule has 0 fully saturated rings. The number of imidazole rings is 1. The predicted octanol–water partition coefficient (Wildman–Crippen LogP) is 4.39. The van der Waals surface area contributed by atoms with Crippen LogP contribution in [0, 0.1) is 19.7 Å². The summed E-state index contributed by atoms with van der Waals surface area (Å²) >= 11 is 0. The van der Waals surface area contributed by atoms with E-state index in [-0.39, 0.29) is 5.82 Å². The second-order valence-electron chi connectivity index (χ2n) is 6.49. The molecule has 0 aliphatic carbocycles. The van der Waals surface area contributed by atoms with Gasteiger partial charge in [0.2, 0.25) is 0 Å².